The van der Waals surface area contributed by atoms with E-state index in [1.165, 1.54) is 22.2 Å². The maximum Gasteiger partial charge on any atom is 0.266 e. The van der Waals surface area contributed by atoms with Gasteiger partial charge < -0.3 is 4.90 Å². The molecule has 0 atom stereocenters. The second-order valence-electron chi connectivity index (χ2n) is 6.46. The van der Waals surface area contributed by atoms with E-state index in [1.807, 2.05) is 54.6 Å². The van der Waals surface area contributed by atoms with E-state index in [0.29, 0.717) is 15.8 Å². The van der Waals surface area contributed by atoms with Gasteiger partial charge in [0.05, 0.1) is 4.91 Å². The second kappa shape index (κ2) is 7.66. The molecule has 1 saturated heterocycles. The van der Waals surface area contributed by atoms with Crippen molar-refractivity contribution >= 4 is 51.9 Å². The van der Waals surface area contributed by atoms with E-state index in [2.05, 4.69) is 6.07 Å². The van der Waals surface area contributed by atoms with Crippen molar-refractivity contribution in [3.8, 4) is 0 Å². The van der Waals surface area contributed by atoms with Crippen molar-refractivity contribution in [1.82, 2.24) is 4.90 Å². The highest BCUT2D eigenvalue weighted by Crippen LogP contribution is 2.33. The molecule has 136 valence electrons. The Labute approximate surface area is 167 Å². The van der Waals surface area contributed by atoms with Crippen molar-refractivity contribution in [2.24, 2.45) is 0 Å². The highest BCUT2D eigenvalue weighted by atomic mass is 32.2. The van der Waals surface area contributed by atoms with Crippen LogP contribution < -0.4 is 4.90 Å². The van der Waals surface area contributed by atoms with Crippen LogP contribution in [0.4, 0.5) is 5.69 Å². The van der Waals surface area contributed by atoms with Crippen LogP contribution in [0.15, 0.2) is 59.5 Å². The van der Waals surface area contributed by atoms with Crippen LogP contribution in [0.25, 0.3) is 6.08 Å². The smallest absolute Gasteiger partial charge is 0.266 e. The minimum Gasteiger partial charge on any atom is -0.311 e. The lowest BCUT2D eigenvalue weighted by Gasteiger charge is -2.30. The standard InChI is InChI=1S/C21H18N2O2S2/c24-19(22-12-6-10-16-9-4-5-11-17(16)22)14-23-20(25)18(27-21(23)26)13-15-7-2-1-3-8-15/h1-5,7-9,11,13H,6,10,12,14H2. The van der Waals surface area contributed by atoms with Crippen molar-refractivity contribution in [1.29, 1.82) is 0 Å². The van der Waals surface area contributed by atoms with E-state index in [1.54, 1.807) is 4.90 Å². The van der Waals surface area contributed by atoms with Gasteiger partial charge in [0, 0.05) is 12.2 Å². The lowest BCUT2D eigenvalue weighted by molar-refractivity contribution is -0.127. The van der Waals surface area contributed by atoms with Crippen LogP contribution in [0.3, 0.4) is 0 Å². The summed E-state index contributed by atoms with van der Waals surface area (Å²) < 4.78 is 0.431. The molecule has 2 aliphatic heterocycles. The van der Waals surface area contributed by atoms with Gasteiger partial charge in [-0.25, -0.2) is 0 Å². The highest BCUT2D eigenvalue weighted by molar-refractivity contribution is 8.26. The first-order chi connectivity index (χ1) is 13.1. The minimum atomic E-state index is -0.201. The number of rotatable bonds is 3. The molecule has 2 heterocycles. The van der Waals surface area contributed by atoms with Gasteiger partial charge in [-0.1, -0.05) is 72.5 Å². The highest BCUT2D eigenvalue weighted by Gasteiger charge is 2.35. The SMILES string of the molecule is O=C1C(=Cc2ccccc2)SC(=S)N1CC(=O)N1CCCc2ccccc21. The van der Waals surface area contributed by atoms with Crippen LogP contribution in [0.2, 0.25) is 0 Å². The zero-order chi connectivity index (χ0) is 18.8. The van der Waals surface area contributed by atoms with E-state index in [0.717, 1.165) is 24.1 Å². The fourth-order valence-electron chi connectivity index (χ4n) is 3.35. The quantitative estimate of drug-likeness (QED) is 0.585. The summed E-state index contributed by atoms with van der Waals surface area (Å²) in [6.07, 6.45) is 3.72. The monoisotopic (exact) mass is 394 g/mol. The number of thiocarbonyl (C=S) groups is 1. The van der Waals surface area contributed by atoms with Crippen LogP contribution in [0.5, 0.6) is 0 Å². The average Bonchev–Trinajstić information content (AvgIpc) is 2.95. The Morgan fingerprint density at radius 3 is 2.67 bits per heavy atom. The number of benzene rings is 2. The third-order valence-electron chi connectivity index (χ3n) is 4.68. The van der Waals surface area contributed by atoms with Crippen molar-refractivity contribution in [3.63, 3.8) is 0 Å². The van der Waals surface area contributed by atoms with Crippen LogP contribution in [0, 0.1) is 0 Å². The molecular formula is C21H18N2O2S2. The van der Waals surface area contributed by atoms with Gasteiger partial charge in [-0.15, -0.1) is 0 Å². The lowest BCUT2D eigenvalue weighted by Crippen LogP contribution is -2.44. The Morgan fingerprint density at radius 1 is 1.11 bits per heavy atom. The predicted molar refractivity (Wildman–Crippen MR) is 113 cm³/mol. The van der Waals surface area contributed by atoms with Gasteiger partial charge in [0.15, 0.2) is 0 Å². The van der Waals surface area contributed by atoms with E-state index in [9.17, 15) is 9.59 Å². The Bertz CT molecular complexity index is 940. The van der Waals surface area contributed by atoms with Gasteiger partial charge in [0.2, 0.25) is 5.91 Å². The second-order valence-corrected chi connectivity index (χ2v) is 8.13. The van der Waals surface area contributed by atoms with E-state index in [4.69, 9.17) is 12.2 Å². The first-order valence-corrected chi connectivity index (χ1v) is 10.0. The number of thioether (sulfide) groups is 1. The zero-order valence-corrected chi connectivity index (χ0v) is 16.3. The summed E-state index contributed by atoms with van der Waals surface area (Å²) in [5, 5.41) is 0. The minimum absolute atomic E-state index is 0.0227. The molecule has 0 radical (unpaired) electrons. The molecule has 2 aromatic carbocycles. The summed E-state index contributed by atoms with van der Waals surface area (Å²) in [5.41, 5.74) is 3.06. The Hall–Kier alpha value is -2.44. The van der Waals surface area contributed by atoms with Crippen LogP contribution in [-0.2, 0) is 16.0 Å². The summed E-state index contributed by atoms with van der Waals surface area (Å²) in [6.45, 7) is 0.648. The topological polar surface area (TPSA) is 40.6 Å². The molecule has 6 heteroatoms. The Morgan fingerprint density at radius 2 is 1.85 bits per heavy atom. The number of carbonyl (C=O) groups excluding carboxylic acids is 2. The fourth-order valence-corrected chi connectivity index (χ4v) is 4.61. The van der Waals surface area contributed by atoms with Gasteiger partial charge in [0.25, 0.3) is 5.91 Å². The number of carbonyl (C=O) groups is 2. The maximum absolute atomic E-state index is 12.9. The molecule has 1 fully saturated rings. The number of fused-ring (bicyclic) bond motifs is 1. The summed E-state index contributed by atoms with van der Waals surface area (Å²) >= 11 is 6.61. The number of amides is 2. The molecule has 2 aromatic rings. The van der Waals surface area contributed by atoms with Gasteiger partial charge in [0.1, 0.15) is 10.9 Å². The number of hydrogen-bond donors (Lipinski definition) is 0. The first kappa shape index (κ1) is 17.9. The van der Waals surface area contributed by atoms with E-state index < -0.39 is 0 Å². The predicted octanol–water partition coefficient (Wildman–Crippen LogP) is 3.87. The van der Waals surface area contributed by atoms with Crippen LogP contribution in [-0.4, -0.2) is 34.1 Å². The molecule has 0 spiro atoms. The maximum atomic E-state index is 12.9. The lowest BCUT2D eigenvalue weighted by atomic mass is 10.0. The fraction of sp³-hybridized carbons (Fsp3) is 0.190. The molecule has 4 rings (SSSR count). The number of hydrogen-bond acceptors (Lipinski definition) is 4. The molecule has 27 heavy (non-hydrogen) atoms. The molecule has 4 nitrogen and oxygen atoms in total. The average molecular weight is 395 g/mol. The van der Waals surface area contributed by atoms with Gasteiger partial charge in [-0.2, -0.15) is 0 Å². The molecule has 2 amide bonds. The third-order valence-corrected chi connectivity index (χ3v) is 6.05. The van der Waals surface area contributed by atoms with Gasteiger partial charge >= 0.3 is 0 Å². The van der Waals surface area contributed by atoms with Gasteiger partial charge in [-0.3, -0.25) is 14.5 Å². The number of aryl methyl sites for hydroxylation is 1. The summed E-state index contributed by atoms with van der Waals surface area (Å²) in [6, 6.07) is 17.6. The largest absolute Gasteiger partial charge is 0.311 e. The van der Waals surface area contributed by atoms with Crippen molar-refractivity contribution in [3.05, 3.63) is 70.6 Å². The number of anilines is 1. The Balaban J connectivity index is 1.52. The van der Waals surface area contributed by atoms with Crippen molar-refractivity contribution in [2.75, 3.05) is 18.0 Å². The molecule has 2 aliphatic rings. The third kappa shape index (κ3) is 3.68. The van der Waals surface area contributed by atoms with Gasteiger partial charge in [-0.05, 0) is 36.1 Å². The summed E-state index contributed by atoms with van der Waals surface area (Å²) in [5.74, 6) is -0.299. The zero-order valence-electron chi connectivity index (χ0n) is 14.6. The molecule has 0 unspecified atom stereocenters. The molecule has 0 bridgehead atoms. The van der Waals surface area contributed by atoms with Crippen molar-refractivity contribution in [2.45, 2.75) is 12.8 Å². The number of para-hydroxylation sites is 1. The first-order valence-electron chi connectivity index (χ1n) is 8.82. The Kier molecular flexibility index (Phi) is 5.09. The summed E-state index contributed by atoms with van der Waals surface area (Å²) in [4.78, 5) is 29.4. The number of nitrogens with zero attached hydrogens (tertiary/aromatic N) is 2. The molecular weight excluding hydrogens is 376 g/mol. The molecule has 0 aliphatic carbocycles. The van der Waals surface area contributed by atoms with Crippen LogP contribution >= 0.6 is 24.0 Å². The summed E-state index contributed by atoms with van der Waals surface area (Å²) in [7, 11) is 0. The molecule has 0 N–H and O–H groups in total. The van der Waals surface area contributed by atoms with Crippen molar-refractivity contribution < 1.29 is 9.59 Å². The van der Waals surface area contributed by atoms with E-state index in [-0.39, 0.29) is 18.4 Å². The van der Waals surface area contributed by atoms with E-state index >= 15 is 0 Å². The normalized spacial score (nSPS) is 18.1. The molecule has 0 saturated carbocycles. The van der Waals surface area contributed by atoms with Crippen LogP contribution in [0.1, 0.15) is 17.5 Å². The molecule has 0 aromatic heterocycles.